The van der Waals surface area contributed by atoms with E-state index in [1.807, 2.05) is 0 Å². The van der Waals surface area contributed by atoms with Gasteiger partial charge in [-0.1, -0.05) is 6.92 Å². The van der Waals surface area contributed by atoms with Crippen molar-refractivity contribution in [1.82, 2.24) is 10.6 Å². The van der Waals surface area contributed by atoms with Crippen LogP contribution in [0.2, 0.25) is 0 Å². The van der Waals surface area contributed by atoms with E-state index >= 15 is 0 Å². The van der Waals surface area contributed by atoms with Gasteiger partial charge in [-0.25, -0.2) is 4.39 Å². The highest BCUT2D eigenvalue weighted by molar-refractivity contribution is 5.85. The van der Waals surface area contributed by atoms with Crippen molar-refractivity contribution in [3.05, 3.63) is 0 Å². The zero-order valence-electron chi connectivity index (χ0n) is 8.83. The number of hydrogen-bond acceptors (Lipinski definition) is 2. The van der Waals surface area contributed by atoms with Crippen LogP contribution >= 0.6 is 12.4 Å². The summed E-state index contributed by atoms with van der Waals surface area (Å²) in [7, 11) is 0. The fourth-order valence-corrected chi connectivity index (χ4v) is 1.93. The van der Waals surface area contributed by atoms with Crippen LogP contribution in [0.5, 0.6) is 0 Å². The summed E-state index contributed by atoms with van der Waals surface area (Å²) in [5.74, 6) is 1.37. The van der Waals surface area contributed by atoms with E-state index in [1.54, 1.807) is 0 Å². The predicted octanol–water partition coefficient (Wildman–Crippen LogP) is 0.880. The van der Waals surface area contributed by atoms with Gasteiger partial charge in [0.2, 0.25) is 5.91 Å². The molecule has 1 saturated carbocycles. The first-order chi connectivity index (χ1) is 6.66. The average molecular weight is 237 g/mol. The Morgan fingerprint density at radius 2 is 2.20 bits per heavy atom. The second kappa shape index (κ2) is 5.12. The van der Waals surface area contributed by atoms with Crippen LogP contribution in [0.4, 0.5) is 4.39 Å². The minimum Gasteiger partial charge on any atom is -0.354 e. The lowest BCUT2D eigenvalue weighted by Gasteiger charge is -2.10. The van der Waals surface area contributed by atoms with Crippen molar-refractivity contribution in [3.63, 3.8) is 0 Å². The third kappa shape index (κ3) is 3.31. The van der Waals surface area contributed by atoms with Crippen LogP contribution in [0.15, 0.2) is 0 Å². The number of nitrogens with one attached hydrogen (secondary N) is 2. The van der Waals surface area contributed by atoms with E-state index in [0.717, 1.165) is 12.5 Å². The highest BCUT2D eigenvalue weighted by Gasteiger charge is 2.34. The minimum absolute atomic E-state index is 0. The number of hydrogen-bond donors (Lipinski definition) is 2. The molecule has 5 heteroatoms. The van der Waals surface area contributed by atoms with Gasteiger partial charge in [0.25, 0.3) is 0 Å². The molecule has 1 heterocycles. The third-order valence-corrected chi connectivity index (χ3v) is 3.21. The first-order valence-corrected chi connectivity index (χ1v) is 5.32. The van der Waals surface area contributed by atoms with Crippen LogP contribution in [0.3, 0.4) is 0 Å². The van der Waals surface area contributed by atoms with Crippen LogP contribution in [0.25, 0.3) is 0 Å². The van der Waals surface area contributed by atoms with E-state index in [9.17, 15) is 9.18 Å². The molecule has 0 aromatic rings. The summed E-state index contributed by atoms with van der Waals surface area (Å²) >= 11 is 0. The molecule has 2 aliphatic rings. The summed E-state index contributed by atoms with van der Waals surface area (Å²) in [5.41, 5.74) is 0. The maximum absolute atomic E-state index is 12.8. The molecule has 2 unspecified atom stereocenters. The highest BCUT2D eigenvalue weighted by Crippen LogP contribution is 2.36. The lowest BCUT2D eigenvalue weighted by Crippen LogP contribution is -2.41. The molecule has 0 aromatic heterocycles. The van der Waals surface area contributed by atoms with Gasteiger partial charge in [0.05, 0.1) is 6.04 Å². The number of amides is 1. The van der Waals surface area contributed by atoms with E-state index in [0.29, 0.717) is 18.9 Å². The molecule has 15 heavy (non-hydrogen) atoms. The predicted molar refractivity (Wildman–Crippen MR) is 58.8 cm³/mol. The van der Waals surface area contributed by atoms with Crippen LogP contribution in [-0.4, -0.2) is 31.2 Å². The summed E-state index contributed by atoms with van der Waals surface area (Å²) in [6.07, 6.45) is 0.682. The van der Waals surface area contributed by atoms with Crippen LogP contribution in [0, 0.1) is 11.8 Å². The van der Waals surface area contributed by atoms with Crippen molar-refractivity contribution < 1.29 is 9.18 Å². The maximum Gasteiger partial charge on any atom is 0.237 e. The molecule has 2 N–H and O–H groups in total. The minimum atomic E-state index is -0.856. The highest BCUT2D eigenvalue weighted by atomic mass is 35.5. The van der Waals surface area contributed by atoms with Crippen LogP contribution in [0.1, 0.15) is 19.8 Å². The molecule has 2 rings (SSSR count). The first kappa shape index (κ1) is 12.7. The van der Waals surface area contributed by atoms with Gasteiger partial charge in [0.15, 0.2) is 0 Å². The van der Waals surface area contributed by atoms with Crippen molar-refractivity contribution in [3.8, 4) is 0 Å². The van der Waals surface area contributed by atoms with E-state index in [4.69, 9.17) is 0 Å². The van der Waals surface area contributed by atoms with Crippen molar-refractivity contribution in [1.29, 1.82) is 0 Å². The summed E-state index contributed by atoms with van der Waals surface area (Å²) in [6, 6.07) is -0.306. The van der Waals surface area contributed by atoms with E-state index in [-0.39, 0.29) is 24.4 Å². The molecule has 2 fully saturated rings. The van der Waals surface area contributed by atoms with Gasteiger partial charge in [-0.15, -0.1) is 12.4 Å². The standard InChI is InChI=1S/C10H17FN2O.ClH/c1-6-2-7(6)4-13-10(14)9-3-8(11)5-12-9;/h6-9,12H,2-5H2,1H3,(H,13,14);1H/t6?,7?,8-,9+;/m0./s1. The fourth-order valence-electron chi connectivity index (χ4n) is 1.93. The van der Waals surface area contributed by atoms with E-state index in [2.05, 4.69) is 17.6 Å². The number of halogens is 2. The Kier molecular flexibility index (Phi) is 4.34. The molecule has 88 valence electrons. The molecule has 0 radical (unpaired) electrons. The molecule has 0 spiro atoms. The molecule has 0 aromatic carbocycles. The van der Waals surface area contributed by atoms with Gasteiger partial charge < -0.3 is 10.6 Å². The zero-order valence-corrected chi connectivity index (χ0v) is 9.65. The molecule has 1 amide bonds. The van der Waals surface area contributed by atoms with Crippen LogP contribution < -0.4 is 10.6 Å². The molecule has 1 aliphatic heterocycles. The SMILES string of the molecule is CC1CC1CNC(=O)[C@H]1C[C@H](F)CN1.Cl. The summed E-state index contributed by atoms with van der Waals surface area (Å²) in [4.78, 5) is 11.5. The molecule has 4 atom stereocenters. The molecule has 1 aliphatic carbocycles. The molecule has 3 nitrogen and oxygen atoms in total. The quantitative estimate of drug-likeness (QED) is 0.764. The number of rotatable bonds is 3. The largest absolute Gasteiger partial charge is 0.354 e. The molecule has 0 bridgehead atoms. The normalized spacial score (nSPS) is 38.3. The second-order valence-corrected chi connectivity index (χ2v) is 4.51. The van der Waals surface area contributed by atoms with Gasteiger partial charge >= 0.3 is 0 Å². The number of alkyl halides is 1. The zero-order chi connectivity index (χ0) is 10.1. The van der Waals surface area contributed by atoms with Gasteiger partial charge in [0, 0.05) is 19.5 Å². The first-order valence-electron chi connectivity index (χ1n) is 5.32. The fraction of sp³-hybridized carbons (Fsp3) is 0.900. The smallest absolute Gasteiger partial charge is 0.237 e. The van der Waals surface area contributed by atoms with Gasteiger partial charge in [-0.3, -0.25) is 4.79 Å². The maximum atomic E-state index is 12.8. The molecular formula is C10H18ClFN2O. The second-order valence-electron chi connectivity index (χ2n) is 4.51. The average Bonchev–Trinajstić information content (AvgIpc) is 2.66. The summed E-state index contributed by atoms with van der Waals surface area (Å²) in [5, 5.41) is 5.74. The summed E-state index contributed by atoms with van der Waals surface area (Å²) in [6.45, 7) is 3.26. The Morgan fingerprint density at radius 3 is 2.67 bits per heavy atom. The lowest BCUT2D eigenvalue weighted by atomic mass is 10.2. The molecular weight excluding hydrogens is 219 g/mol. The van der Waals surface area contributed by atoms with Crippen molar-refractivity contribution in [2.24, 2.45) is 11.8 Å². The Hall–Kier alpha value is -0.350. The Bertz CT molecular complexity index is 239. The van der Waals surface area contributed by atoms with Crippen molar-refractivity contribution in [2.75, 3.05) is 13.1 Å². The van der Waals surface area contributed by atoms with E-state index < -0.39 is 6.17 Å². The Morgan fingerprint density at radius 1 is 1.53 bits per heavy atom. The number of carbonyl (C=O) groups excluding carboxylic acids is 1. The molecule has 1 saturated heterocycles. The Balaban J connectivity index is 0.00000112. The van der Waals surface area contributed by atoms with Crippen molar-refractivity contribution >= 4 is 18.3 Å². The summed E-state index contributed by atoms with van der Waals surface area (Å²) < 4.78 is 12.8. The van der Waals surface area contributed by atoms with Crippen molar-refractivity contribution in [2.45, 2.75) is 32.0 Å². The van der Waals surface area contributed by atoms with Gasteiger partial charge in [0.1, 0.15) is 6.17 Å². The van der Waals surface area contributed by atoms with Gasteiger partial charge in [-0.05, 0) is 18.3 Å². The van der Waals surface area contributed by atoms with Gasteiger partial charge in [-0.2, -0.15) is 0 Å². The van der Waals surface area contributed by atoms with Crippen LogP contribution in [-0.2, 0) is 4.79 Å². The topological polar surface area (TPSA) is 41.1 Å². The lowest BCUT2D eigenvalue weighted by molar-refractivity contribution is -0.122. The monoisotopic (exact) mass is 236 g/mol. The van der Waals surface area contributed by atoms with E-state index in [1.165, 1.54) is 6.42 Å². The number of carbonyl (C=O) groups is 1. The third-order valence-electron chi connectivity index (χ3n) is 3.21. The Labute approximate surface area is 95.6 Å².